The highest BCUT2D eigenvalue weighted by Gasteiger charge is 2.21. The Morgan fingerprint density at radius 1 is 1.32 bits per heavy atom. The second-order valence-electron chi connectivity index (χ2n) is 5.16. The Balaban J connectivity index is 2.28. The van der Waals surface area contributed by atoms with Crippen LogP contribution in [0.1, 0.15) is 31.4 Å². The van der Waals surface area contributed by atoms with Crippen LogP contribution in [0, 0.1) is 0 Å². The molecule has 1 fully saturated rings. The molecule has 0 radical (unpaired) electrons. The van der Waals surface area contributed by atoms with Crippen molar-refractivity contribution in [3.63, 3.8) is 0 Å². The fourth-order valence-electron chi connectivity index (χ4n) is 2.50. The first-order valence-electron chi connectivity index (χ1n) is 6.97. The first kappa shape index (κ1) is 13.9. The van der Waals surface area contributed by atoms with E-state index in [1.54, 1.807) is 0 Å². The van der Waals surface area contributed by atoms with E-state index >= 15 is 0 Å². The maximum atomic E-state index is 12.0. The Morgan fingerprint density at radius 2 is 2.05 bits per heavy atom. The van der Waals surface area contributed by atoms with Crippen LogP contribution in [0.25, 0.3) is 0 Å². The van der Waals surface area contributed by atoms with Crippen molar-refractivity contribution in [2.45, 2.75) is 25.8 Å². The Hall–Kier alpha value is -1.55. The number of benzene rings is 1. The molecule has 4 heteroatoms. The van der Waals surface area contributed by atoms with Gasteiger partial charge in [0.15, 0.2) is 0 Å². The molecule has 1 saturated heterocycles. The highest BCUT2D eigenvalue weighted by atomic mass is 16.2. The smallest absolute Gasteiger partial charge is 0.241 e. The summed E-state index contributed by atoms with van der Waals surface area (Å²) in [5.74, 6) is 0.178. The van der Waals surface area contributed by atoms with Crippen LogP contribution >= 0.6 is 0 Å². The van der Waals surface area contributed by atoms with Crippen molar-refractivity contribution in [3.8, 4) is 0 Å². The van der Waals surface area contributed by atoms with E-state index in [1.165, 1.54) is 0 Å². The van der Waals surface area contributed by atoms with Gasteiger partial charge in [-0.25, -0.2) is 0 Å². The standard InChI is InChI=1S/C15H23N3O/c1-3-13(16)12-7-4-5-8-14(12)18-10-6-9-17(2)15(19)11-18/h4-5,7-8,13H,3,6,9-11,16H2,1-2H3. The SMILES string of the molecule is CCC(N)c1ccccc1N1CCCN(C)C(=O)C1. The average molecular weight is 261 g/mol. The minimum absolute atomic E-state index is 0.0345. The molecule has 0 spiro atoms. The predicted molar refractivity (Wildman–Crippen MR) is 78.1 cm³/mol. The molecule has 1 aromatic rings. The molecule has 2 N–H and O–H groups in total. The van der Waals surface area contributed by atoms with Gasteiger partial charge in [-0.05, 0) is 24.5 Å². The summed E-state index contributed by atoms with van der Waals surface area (Å²) in [6.07, 6.45) is 1.90. The van der Waals surface area contributed by atoms with Gasteiger partial charge in [0, 0.05) is 31.9 Å². The third kappa shape index (κ3) is 3.07. The molecule has 1 heterocycles. The number of nitrogens with two attached hydrogens (primary N) is 1. The molecule has 0 aliphatic carbocycles. The van der Waals surface area contributed by atoms with Gasteiger partial charge in [-0.1, -0.05) is 25.1 Å². The molecule has 1 aliphatic heterocycles. The van der Waals surface area contributed by atoms with Crippen molar-refractivity contribution in [1.82, 2.24) is 4.90 Å². The topological polar surface area (TPSA) is 49.6 Å². The Morgan fingerprint density at radius 3 is 2.79 bits per heavy atom. The van der Waals surface area contributed by atoms with E-state index in [4.69, 9.17) is 5.73 Å². The van der Waals surface area contributed by atoms with Crippen molar-refractivity contribution in [2.75, 3.05) is 31.6 Å². The zero-order chi connectivity index (χ0) is 13.8. The predicted octanol–water partition coefficient (Wildman–Crippen LogP) is 1.76. The molecule has 0 saturated carbocycles. The second kappa shape index (κ2) is 6.06. The summed E-state index contributed by atoms with van der Waals surface area (Å²) in [6, 6.07) is 8.21. The molecule has 1 atom stereocenters. The van der Waals surface area contributed by atoms with Crippen LogP contribution in [0.2, 0.25) is 0 Å². The molecular weight excluding hydrogens is 238 g/mol. The largest absolute Gasteiger partial charge is 0.362 e. The van der Waals surface area contributed by atoms with E-state index in [0.29, 0.717) is 6.54 Å². The van der Waals surface area contributed by atoms with Gasteiger partial charge in [-0.15, -0.1) is 0 Å². The minimum atomic E-state index is 0.0345. The molecule has 0 bridgehead atoms. The number of hydrogen-bond donors (Lipinski definition) is 1. The Labute approximate surface area is 115 Å². The van der Waals surface area contributed by atoms with E-state index in [1.807, 2.05) is 24.1 Å². The number of amides is 1. The summed E-state index contributed by atoms with van der Waals surface area (Å²) in [5.41, 5.74) is 8.43. The lowest BCUT2D eigenvalue weighted by atomic mass is 10.0. The van der Waals surface area contributed by atoms with Gasteiger partial charge in [0.05, 0.1) is 6.54 Å². The van der Waals surface area contributed by atoms with Gasteiger partial charge in [0.1, 0.15) is 0 Å². The monoisotopic (exact) mass is 261 g/mol. The number of rotatable bonds is 3. The van der Waals surface area contributed by atoms with Crippen molar-refractivity contribution in [1.29, 1.82) is 0 Å². The van der Waals surface area contributed by atoms with Crippen molar-refractivity contribution < 1.29 is 4.79 Å². The number of carbonyl (C=O) groups excluding carboxylic acids is 1. The molecule has 2 rings (SSSR count). The molecule has 104 valence electrons. The molecule has 19 heavy (non-hydrogen) atoms. The number of anilines is 1. The van der Waals surface area contributed by atoms with Crippen LogP contribution in [-0.2, 0) is 4.79 Å². The summed E-state index contributed by atoms with van der Waals surface area (Å²) in [5, 5.41) is 0. The summed E-state index contributed by atoms with van der Waals surface area (Å²) in [4.78, 5) is 16.0. The molecule has 1 aliphatic rings. The van der Waals surface area contributed by atoms with Crippen LogP contribution in [0.15, 0.2) is 24.3 Å². The third-order valence-corrected chi connectivity index (χ3v) is 3.79. The lowest BCUT2D eigenvalue weighted by Gasteiger charge is -2.26. The third-order valence-electron chi connectivity index (χ3n) is 3.79. The number of likely N-dealkylation sites (N-methyl/N-ethyl adjacent to an activating group) is 1. The normalized spacial score (nSPS) is 18.4. The van der Waals surface area contributed by atoms with E-state index in [0.717, 1.165) is 37.2 Å². The highest BCUT2D eigenvalue weighted by Crippen LogP contribution is 2.27. The van der Waals surface area contributed by atoms with Crippen LogP contribution in [0.3, 0.4) is 0 Å². The summed E-state index contributed by atoms with van der Waals surface area (Å²) >= 11 is 0. The molecule has 0 aromatic heterocycles. The van der Waals surface area contributed by atoms with Crippen molar-refractivity contribution in [2.24, 2.45) is 5.73 Å². The second-order valence-corrected chi connectivity index (χ2v) is 5.16. The zero-order valence-corrected chi connectivity index (χ0v) is 11.8. The van der Waals surface area contributed by atoms with Crippen molar-refractivity contribution in [3.05, 3.63) is 29.8 Å². The van der Waals surface area contributed by atoms with E-state index in [9.17, 15) is 4.79 Å². The fraction of sp³-hybridized carbons (Fsp3) is 0.533. The van der Waals surface area contributed by atoms with E-state index in [2.05, 4.69) is 24.0 Å². The first-order chi connectivity index (χ1) is 9.13. The van der Waals surface area contributed by atoms with Gasteiger partial charge in [-0.2, -0.15) is 0 Å². The quantitative estimate of drug-likeness (QED) is 0.902. The molecule has 4 nitrogen and oxygen atoms in total. The van der Waals surface area contributed by atoms with E-state index < -0.39 is 0 Å². The summed E-state index contributed by atoms with van der Waals surface area (Å²) in [6.45, 7) is 4.27. The summed E-state index contributed by atoms with van der Waals surface area (Å²) in [7, 11) is 1.87. The Bertz CT molecular complexity index is 447. The van der Waals surface area contributed by atoms with Crippen LogP contribution in [0.4, 0.5) is 5.69 Å². The fourth-order valence-corrected chi connectivity index (χ4v) is 2.50. The number of hydrogen-bond acceptors (Lipinski definition) is 3. The number of carbonyl (C=O) groups is 1. The number of nitrogens with zero attached hydrogens (tertiary/aromatic N) is 2. The first-order valence-corrected chi connectivity index (χ1v) is 6.97. The lowest BCUT2D eigenvalue weighted by molar-refractivity contribution is -0.127. The van der Waals surface area contributed by atoms with E-state index in [-0.39, 0.29) is 11.9 Å². The van der Waals surface area contributed by atoms with Gasteiger partial charge in [-0.3, -0.25) is 4.79 Å². The zero-order valence-electron chi connectivity index (χ0n) is 11.8. The molecule has 1 amide bonds. The van der Waals surface area contributed by atoms with Crippen molar-refractivity contribution >= 4 is 11.6 Å². The van der Waals surface area contributed by atoms with Gasteiger partial charge < -0.3 is 15.5 Å². The maximum absolute atomic E-state index is 12.0. The maximum Gasteiger partial charge on any atom is 0.241 e. The molecule has 1 unspecified atom stereocenters. The molecule has 1 aromatic carbocycles. The van der Waals surface area contributed by atoms with Gasteiger partial charge >= 0.3 is 0 Å². The lowest BCUT2D eigenvalue weighted by Crippen LogP contribution is -2.35. The van der Waals surface area contributed by atoms with Gasteiger partial charge in [0.2, 0.25) is 5.91 Å². The number of para-hydroxylation sites is 1. The van der Waals surface area contributed by atoms with Crippen LogP contribution in [0.5, 0.6) is 0 Å². The highest BCUT2D eigenvalue weighted by molar-refractivity contribution is 5.82. The minimum Gasteiger partial charge on any atom is -0.362 e. The van der Waals surface area contributed by atoms with Crippen LogP contribution in [-0.4, -0.2) is 37.5 Å². The van der Waals surface area contributed by atoms with Gasteiger partial charge in [0.25, 0.3) is 0 Å². The van der Waals surface area contributed by atoms with Crippen LogP contribution < -0.4 is 10.6 Å². The Kier molecular flexibility index (Phi) is 4.43. The summed E-state index contributed by atoms with van der Waals surface area (Å²) < 4.78 is 0. The molecular formula is C15H23N3O. The average Bonchev–Trinajstić information content (AvgIpc) is 2.60.